The fraction of sp³-hybridized carbons (Fsp3) is 0.263. The summed E-state index contributed by atoms with van der Waals surface area (Å²) in [7, 11) is 3.04. The van der Waals surface area contributed by atoms with Gasteiger partial charge in [-0.05, 0) is 59.1 Å². The fourth-order valence-electron chi connectivity index (χ4n) is 2.47. The number of ether oxygens (including phenoxy) is 2. The van der Waals surface area contributed by atoms with Crippen molar-refractivity contribution in [1.82, 2.24) is 0 Å². The first kappa shape index (κ1) is 18.3. The Labute approximate surface area is 160 Å². The van der Waals surface area contributed by atoms with Gasteiger partial charge in [0.15, 0.2) is 0 Å². The van der Waals surface area contributed by atoms with E-state index in [0.717, 1.165) is 12.8 Å². The number of hydrogen-bond acceptors (Lipinski definition) is 4. The zero-order valence-electron chi connectivity index (χ0n) is 14.5. The van der Waals surface area contributed by atoms with Gasteiger partial charge in [-0.1, -0.05) is 6.07 Å². The number of carbonyl (C=O) groups is 2. The standard InChI is InChI=1S/C19H19BrN2O4/c1-25-15-8-12(9-16(26-2)17(15)20)19(24)22-14-5-3-4-13(10-14)21-18(23)11-6-7-11/h3-5,8-11H,6-7H2,1-2H3,(H,21,23)(H,22,24). The molecule has 2 amide bonds. The summed E-state index contributed by atoms with van der Waals surface area (Å²) in [4.78, 5) is 24.5. The molecular weight excluding hydrogens is 400 g/mol. The van der Waals surface area contributed by atoms with E-state index in [0.29, 0.717) is 32.9 Å². The first-order valence-corrected chi connectivity index (χ1v) is 8.95. The summed E-state index contributed by atoms with van der Waals surface area (Å²) in [5.41, 5.74) is 1.64. The first-order valence-electron chi connectivity index (χ1n) is 8.15. The van der Waals surface area contributed by atoms with Crippen molar-refractivity contribution in [3.05, 3.63) is 46.4 Å². The van der Waals surface area contributed by atoms with Crippen molar-refractivity contribution < 1.29 is 19.1 Å². The summed E-state index contributed by atoms with van der Waals surface area (Å²) in [6, 6.07) is 10.3. The second kappa shape index (κ2) is 7.78. The summed E-state index contributed by atoms with van der Waals surface area (Å²) >= 11 is 3.38. The van der Waals surface area contributed by atoms with Gasteiger partial charge in [0.1, 0.15) is 16.0 Å². The number of anilines is 2. The molecule has 7 heteroatoms. The van der Waals surface area contributed by atoms with Gasteiger partial charge in [-0.2, -0.15) is 0 Å². The normalized spacial score (nSPS) is 13.0. The summed E-state index contributed by atoms with van der Waals surface area (Å²) in [6.45, 7) is 0. The Kier molecular flexibility index (Phi) is 5.46. The van der Waals surface area contributed by atoms with Gasteiger partial charge >= 0.3 is 0 Å². The summed E-state index contributed by atoms with van der Waals surface area (Å²) in [5, 5.41) is 5.69. The minimum absolute atomic E-state index is 0.0239. The molecule has 0 spiro atoms. The lowest BCUT2D eigenvalue weighted by Crippen LogP contribution is -2.15. The zero-order valence-corrected chi connectivity index (χ0v) is 16.1. The van der Waals surface area contributed by atoms with Crippen LogP contribution in [0.5, 0.6) is 11.5 Å². The Morgan fingerprint density at radius 2 is 1.58 bits per heavy atom. The van der Waals surface area contributed by atoms with E-state index in [2.05, 4.69) is 26.6 Å². The molecule has 2 N–H and O–H groups in total. The summed E-state index contributed by atoms with van der Waals surface area (Å²) in [5.74, 6) is 0.839. The molecule has 1 aliphatic rings. The van der Waals surface area contributed by atoms with E-state index in [1.807, 2.05) is 0 Å². The van der Waals surface area contributed by atoms with Crippen LogP contribution in [0.4, 0.5) is 11.4 Å². The predicted molar refractivity (Wildman–Crippen MR) is 103 cm³/mol. The van der Waals surface area contributed by atoms with Crippen molar-refractivity contribution in [2.24, 2.45) is 5.92 Å². The highest BCUT2D eigenvalue weighted by Crippen LogP contribution is 2.36. The Morgan fingerprint density at radius 1 is 1.00 bits per heavy atom. The Hall–Kier alpha value is -2.54. The maximum atomic E-state index is 12.6. The number of amides is 2. The third kappa shape index (κ3) is 4.16. The number of benzene rings is 2. The van der Waals surface area contributed by atoms with E-state index in [4.69, 9.17) is 9.47 Å². The van der Waals surface area contributed by atoms with Crippen LogP contribution in [0.3, 0.4) is 0 Å². The molecule has 0 unspecified atom stereocenters. The molecule has 0 radical (unpaired) electrons. The smallest absolute Gasteiger partial charge is 0.255 e. The van der Waals surface area contributed by atoms with E-state index < -0.39 is 0 Å². The largest absolute Gasteiger partial charge is 0.495 e. The van der Waals surface area contributed by atoms with Crippen LogP contribution in [-0.2, 0) is 4.79 Å². The molecule has 1 fully saturated rings. The first-order chi connectivity index (χ1) is 12.5. The fourth-order valence-corrected chi connectivity index (χ4v) is 3.02. The number of halogens is 1. The lowest BCUT2D eigenvalue weighted by molar-refractivity contribution is -0.117. The van der Waals surface area contributed by atoms with Gasteiger partial charge in [-0.25, -0.2) is 0 Å². The molecule has 3 rings (SSSR count). The average Bonchev–Trinajstić information content (AvgIpc) is 3.47. The minimum Gasteiger partial charge on any atom is -0.495 e. The van der Waals surface area contributed by atoms with Crippen molar-refractivity contribution in [2.45, 2.75) is 12.8 Å². The second-order valence-corrected chi connectivity index (χ2v) is 6.79. The summed E-state index contributed by atoms with van der Waals surface area (Å²) < 4.78 is 11.2. The monoisotopic (exact) mass is 418 g/mol. The maximum absolute atomic E-state index is 12.6. The van der Waals surface area contributed by atoms with Gasteiger partial charge in [0.2, 0.25) is 5.91 Å². The third-order valence-electron chi connectivity index (χ3n) is 4.04. The lowest BCUT2D eigenvalue weighted by Gasteiger charge is -2.12. The number of carbonyl (C=O) groups excluding carboxylic acids is 2. The van der Waals surface area contributed by atoms with E-state index in [-0.39, 0.29) is 17.7 Å². The molecule has 2 aromatic carbocycles. The van der Waals surface area contributed by atoms with Gasteiger partial charge in [-0.3, -0.25) is 9.59 Å². The molecule has 0 aromatic heterocycles. The van der Waals surface area contributed by atoms with E-state index in [1.165, 1.54) is 14.2 Å². The molecule has 0 aliphatic heterocycles. The van der Waals surface area contributed by atoms with Gasteiger partial charge in [0.25, 0.3) is 5.91 Å². The second-order valence-electron chi connectivity index (χ2n) is 5.99. The highest BCUT2D eigenvalue weighted by molar-refractivity contribution is 9.10. The molecule has 136 valence electrons. The van der Waals surface area contributed by atoms with Crippen LogP contribution >= 0.6 is 15.9 Å². The van der Waals surface area contributed by atoms with Crippen molar-refractivity contribution >= 4 is 39.1 Å². The van der Waals surface area contributed by atoms with Crippen LogP contribution in [0.2, 0.25) is 0 Å². The zero-order chi connectivity index (χ0) is 18.7. The molecule has 0 saturated heterocycles. The van der Waals surface area contributed by atoms with Gasteiger partial charge in [-0.15, -0.1) is 0 Å². The Morgan fingerprint density at radius 3 is 2.12 bits per heavy atom. The minimum atomic E-state index is -0.306. The van der Waals surface area contributed by atoms with Crippen molar-refractivity contribution in [2.75, 3.05) is 24.9 Å². The molecule has 1 aliphatic carbocycles. The van der Waals surface area contributed by atoms with Gasteiger partial charge in [0.05, 0.1) is 14.2 Å². The number of nitrogens with one attached hydrogen (secondary N) is 2. The molecular formula is C19H19BrN2O4. The van der Waals surface area contributed by atoms with Gasteiger partial charge < -0.3 is 20.1 Å². The molecule has 0 atom stereocenters. The van der Waals surface area contributed by atoms with Crippen molar-refractivity contribution in [3.63, 3.8) is 0 Å². The molecule has 0 bridgehead atoms. The lowest BCUT2D eigenvalue weighted by atomic mass is 10.1. The molecule has 2 aromatic rings. The van der Waals surface area contributed by atoms with E-state index in [9.17, 15) is 9.59 Å². The van der Waals surface area contributed by atoms with Crippen LogP contribution in [0.1, 0.15) is 23.2 Å². The van der Waals surface area contributed by atoms with Crippen LogP contribution in [0, 0.1) is 5.92 Å². The average molecular weight is 419 g/mol. The topological polar surface area (TPSA) is 76.7 Å². The van der Waals surface area contributed by atoms with Crippen LogP contribution in [0.25, 0.3) is 0 Å². The SMILES string of the molecule is COc1cc(C(=O)Nc2cccc(NC(=O)C3CC3)c2)cc(OC)c1Br. The highest BCUT2D eigenvalue weighted by Gasteiger charge is 2.29. The maximum Gasteiger partial charge on any atom is 0.255 e. The molecule has 0 heterocycles. The Balaban J connectivity index is 1.76. The molecule has 6 nitrogen and oxygen atoms in total. The number of hydrogen-bond donors (Lipinski definition) is 2. The van der Waals surface area contributed by atoms with E-state index in [1.54, 1.807) is 36.4 Å². The van der Waals surface area contributed by atoms with E-state index >= 15 is 0 Å². The predicted octanol–water partition coefficient (Wildman–Crippen LogP) is 4.07. The highest BCUT2D eigenvalue weighted by atomic mass is 79.9. The quantitative estimate of drug-likeness (QED) is 0.740. The number of rotatable bonds is 6. The molecule has 1 saturated carbocycles. The van der Waals surface area contributed by atoms with Crippen LogP contribution in [-0.4, -0.2) is 26.0 Å². The third-order valence-corrected chi connectivity index (χ3v) is 4.83. The van der Waals surface area contributed by atoms with Crippen molar-refractivity contribution in [3.8, 4) is 11.5 Å². The Bertz CT molecular complexity index is 824. The molecule has 26 heavy (non-hydrogen) atoms. The number of methoxy groups -OCH3 is 2. The van der Waals surface area contributed by atoms with Crippen LogP contribution < -0.4 is 20.1 Å². The van der Waals surface area contributed by atoms with Gasteiger partial charge in [0, 0.05) is 22.9 Å². The summed E-state index contributed by atoms with van der Waals surface area (Å²) in [6.07, 6.45) is 1.88. The van der Waals surface area contributed by atoms with Crippen LogP contribution in [0.15, 0.2) is 40.9 Å². The van der Waals surface area contributed by atoms with Crippen molar-refractivity contribution in [1.29, 1.82) is 0 Å².